The van der Waals surface area contributed by atoms with E-state index in [4.69, 9.17) is 9.72 Å². The quantitative estimate of drug-likeness (QED) is 0.322. The Balaban J connectivity index is 1.56. The molecule has 0 radical (unpaired) electrons. The van der Waals surface area contributed by atoms with Crippen LogP contribution in [0.5, 0.6) is 5.75 Å². The van der Waals surface area contributed by atoms with Gasteiger partial charge in [-0.1, -0.05) is 36.0 Å². The Morgan fingerprint density at radius 1 is 1.16 bits per heavy atom. The van der Waals surface area contributed by atoms with Crippen LogP contribution in [0, 0.1) is 13.8 Å². The summed E-state index contributed by atoms with van der Waals surface area (Å²) < 4.78 is 7.39. The van der Waals surface area contributed by atoms with Crippen molar-refractivity contribution in [2.45, 2.75) is 25.5 Å². The molecular formula is C24H23N3O3S2. The average Bonchev–Trinajstić information content (AvgIpc) is 3.27. The van der Waals surface area contributed by atoms with Gasteiger partial charge < -0.3 is 10.1 Å². The number of fused-ring (bicyclic) bond motifs is 1. The lowest BCUT2D eigenvalue weighted by molar-refractivity contribution is -0.118. The number of aromatic nitrogens is 2. The van der Waals surface area contributed by atoms with Gasteiger partial charge in [-0.25, -0.2) is 4.98 Å². The van der Waals surface area contributed by atoms with E-state index in [9.17, 15) is 9.59 Å². The number of carbonyl (C=O) groups excluding carboxylic acids is 1. The van der Waals surface area contributed by atoms with Crippen molar-refractivity contribution in [3.05, 3.63) is 81.0 Å². The number of hydrogen-bond acceptors (Lipinski definition) is 6. The van der Waals surface area contributed by atoms with E-state index in [1.807, 2.05) is 67.8 Å². The minimum Gasteiger partial charge on any atom is -0.497 e. The molecule has 164 valence electrons. The molecule has 0 spiro atoms. The molecule has 0 atom stereocenters. The first-order valence-electron chi connectivity index (χ1n) is 10.1. The van der Waals surface area contributed by atoms with Gasteiger partial charge in [-0.05, 0) is 60.2 Å². The van der Waals surface area contributed by atoms with Crippen molar-refractivity contribution in [2.75, 3.05) is 12.9 Å². The number of aryl methyl sites for hydroxylation is 2. The second-order valence-corrected chi connectivity index (χ2v) is 9.23. The van der Waals surface area contributed by atoms with Gasteiger partial charge in [-0.2, -0.15) is 0 Å². The zero-order valence-electron chi connectivity index (χ0n) is 18.0. The molecule has 0 fully saturated rings. The van der Waals surface area contributed by atoms with E-state index in [0.717, 1.165) is 28.1 Å². The highest BCUT2D eigenvalue weighted by atomic mass is 32.2. The fraction of sp³-hybridized carbons (Fsp3) is 0.208. The van der Waals surface area contributed by atoms with Gasteiger partial charge in [0.15, 0.2) is 5.16 Å². The molecule has 0 unspecified atom stereocenters. The summed E-state index contributed by atoms with van der Waals surface area (Å²) in [5, 5.41) is 5.29. The first kappa shape index (κ1) is 22.1. The van der Waals surface area contributed by atoms with Crippen LogP contribution < -0.4 is 15.6 Å². The molecule has 1 N–H and O–H groups in total. The topological polar surface area (TPSA) is 73.2 Å². The highest BCUT2D eigenvalue weighted by Crippen LogP contribution is 2.25. The number of nitrogens with zero attached hydrogens (tertiary/aromatic N) is 2. The van der Waals surface area contributed by atoms with E-state index in [0.29, 0.717) is 21.9 Å². The van der Waals surface area contributed by atoms with E-state index in [1.165, 1.54) is 23.1 Å². The molecule has 0 aliphatic heterocycles. The Kier molecular flexibility index (Phi) is 6.62. The Bertz CT molecular complexity index is 1330. The summed E-state index contributed by atoms with van der Waals surface area (Å²) in [7, 11) is 1.62. The minimum atomic E-state index is -0.127. The zero-order chi connectivity index (χ0) is 22.7. The van der Waals surface area contributed by atoms with Gasteiger partial charge in [0.25, 0.3) is 5.56 Å². The number of methoxy groups -OCH3 is 1. The summed E-state index contributed by atoms with van der Waals surface area (Å²) in [4.78, 5) is 30.5. The molecule has 0 bridgehead atoms. The SMILES string of the molecule is COc1ccc(CNC(=O)CSc2nc3ccsc3c(=O)n2-c2cc(C)ccc2C)cc1. The third-order valence-electron chi connectivity index (χ3n) is 5.04. The second kappa shape index (κ2) is 9.58. The summed E-state index contributed by atoms with van der Waals surface area (Å²) in [5.41, 5.74) is 4.34. The van der Waals surface area contributed by atoms with Gasteiger partial charge >= 0.3 is 0 Å². The van der Waals surface area contributed by atoms with Crippen LogP contribution in [0.2, 0.25) is 0 Å². The van der Waals surface area contributed by atoms with Gasteiger partial charge in [0.05, 0.1) is 24.1 Å². The number of amides is 1. The summed E-state index contributed by atoms with van der Waals surface area (Å²) >= 11 is 2.64. The molecule has 4 aromatic rings. The predicted octanol–water partition coefficient (Wildman–Crippen LogP) is 4.48. The van der Waals surface area contributed by atoms with Crippen LogP contribution in [-0.4, -0.2) is 28.3 Å². The molecule has 1 amide bonds. The number of rotatable bonds is 7. The average molecular weight is 466 g/mol. The van der Waals surface area contributed by atoms with E-state index in [-0.39, 0.29) is 17.2 Å². The molecular weight excluding hydrogens is 442 g/mol. The van der Waals surface area contributed by atoms with Crippen molar-refractivity contribution in [1.82, 2.24) is 14.9 Å². The molecule has 0 saturated carbocycles. The third kappa shape index (κ3) is 4.71. The summed E-state index contributed by atoms with van der Waals surface area (Å²) in [6.07, 6.45) is 0. The molecule has 2 heterocycles. The first-order chi connectivity index (χ1) is 15.5. The van der Waals surface area contributed by atoms with Crippen molar-refractivity contribution < 1.29 is 9.53 Å². The van der Waals surface area contributed by atoms with E-state index < -0.39 is 0 Å². The van der Waals surface area contributed by atoms with Crippen LogP contribution in [0.1, 0.15) is 16.7 Å². The molecule has 6 nitrogen and oxygen atoms in total. The number of thiophene rings is 1. The maximum absolute atomic E-state index is 13.3. The lowest BCUT2D eigenvalue weighted by Crippen LogP contribution is -2.26. The van der Waals surface area contributed by atoms with Gasteiger partial charge in [-0.3, -0.25) is 14.2 Å². The highest BCUT2D eigenvalue weighted by molar-refractivity contribution is 7.99. The number of ether oxygens (including phenoxy) is 1. The Labute approximate surface area is 194 Å². The first-order valence-corrected chi connectivity index (χ1v) is 11.9. The largest absolute Gasteiger partial charge is 0.497 e. The molecule has 0 aliphatic carbocycles. The zero-order valence-corrected chi connectivity index (χ0v) is 19.7. The van der Waals surface area contributed by atoms with Gasteiger partial charge in [0, 0.05) is 6.54 Å². The summed E-state index contributed by atoms with van der Waals surface area (Å²) in [6.45, 7) is 4.38. The number of benzene rings is 2. The minimum absolute atomic E-state index is 0.111. The van der Waals surface area contributed by atoms with Crippen molar-refractivity contribution in [3.63, 3.8) is 0 Å². The molecule has 8 heteroatoms. The van der Waals surface area contributed by atoms with Gasteiger partial charge in [0.1, 0.15) is 10.4 Å². The van der Waals surface area contributed by atoms with Crippen molar-refractivity contribution in [1.29, 1.82) is 0 Å². The Hall–Kier alpha value is -3.10. The molecule has 32 heavy (non-hydrogen) atoms. The lowest BCUT2D eigenvalue weighted by Gasteiger charge is -2.15. The van der Waals surface area contributed by atoms with Crippen LogP contribution >= 0.6 is 23.1 Å². The maximum Gasteiger partial charge on any atom is 0.276 e. The van der Waals surface area contributed by atoms with E-state index in [1.54, 1.807) is 11.7 Å². The van der Waals surface area contributed by atoms with Crippen molar-refractivity contribution in [3.8, 4) is 11.4 Å². The number of nitrogens with one attached hydrogen (secondary N) is 1. The van der Waals surface area contributed by atoms with Crippen molar-refractivity contribution in [2.24, 2.45) is 0 Å². The number of hydrogen-bond donors (Lipinski definition) is 1. The standard InChI is InChI=1S/C24H23N3O3S2/c1-15-4-5-16(2)20(12-15)27-23(29)22-19(10-11-31-22)26-24(27)32-14-21(28)25-13-17-6-8-18(30-3)9-7-17/h4-12H,13-14H2,1-3H3,(H,25,28). The second-order valence-electron chi connectivity index (χ2n) is 7.37. The normalized spacial score (nSPS) is 11.0. The molecule has 4 rings (SSSR count). The predicted molar refractivity (Wildman–Crippen MR) is 130 cm³/mol. The van der Waals surface area contributed by atoms with E-state index >= 15 is 0 Å². The Morgan fingerprint density at radius 2 is 1.94 bits per heavy atom. The van der Waals surface area contributed by atoms with Crippen LogP contribution in [0.3, 0.4) is 0 Å². The number of thioether (sulfide) groups is 1. The summed E-state index contributed by atoms with van der Waals surface area (Å²) in [5.74, 6) is 0.802. The van der Waals surface area contributed by atoms with Gasteiger partial charge in [0.2, 0.25) is 5.91 Å². The van der Waals surface area contributed by atoms with Crippen LogP contribution in [0.4, 0.5) is 0 Å². The maximum atomic E-state index is 13.3. The molecule has 0 saturated heterocycles. The summed E-state index contributed by atoms with van der Waals surface area (Å²) in [6, 6.07) is 15.4. The van der Waals surface area contributed by atoms with Gasteiger partial charge in [-0.15, -0.1) is 11.3 Å². The lowest BCUT2D eigenvalue weighted by atomic mass is 10.1. The fourth-order valence-electron chi connectivity index (χ4n) is 3.29. The molecule has 2 aromatic carbocycles. The van der Waals surface area contributed by atoms with Crippen LogP contribution in [0.15, 0.2) is 63.9 Å². The monoisotopic (exact) mass is 465 g/mol. The third-order valence-corrected chi connectivity index (χ3v) is 6.87. The highest BCUT2D eigenvalue weighted by Gasteiger charge is 2.17. The fourth-order valence-corrected chi connectivity index (χ4v) is 4.88. The van der Waals surface area contributed by atoms with E-state index in [2.05, 4.69) is 5.32 Å². The Morgan fingerprint density at radius 3 is 2.69 bits per heavy atom. The molecule has 2 aromatic heterocycles. The smallest absolute Gasteiger partial charge is 0.276 e. The van der Waals surface area contributed by atoms with Crippen molar-refractivity contribution >= 4 is 39.2 Å². The van der Waals surface area contributed by atoms with Crippen LogP contribution in [-0.2, 0) is 11.3 Å². The van der Waals surface area contributed by atoms with Crippen LogP contribution in [0.25, 0.3) is 15.9 Å². The molecule has 0 aliphatic rings. The number of carbonyl (C=O) groups is 1.